The van der Waals surface area contributed by atoms with E-state index in [-0.39, 0.29) is 23.7 Å². The summed E-state index contributed by atoms with van der Waals surface area (Å²) in [5.41, 5.74) is -0.255. The number of rotatable bonds is 2. The van der Waals surface area contributed by atoms with Gasteiger partial charge in [0, 0.05) is 19.3 Å². The number of likely N-dealkylation sites (tertiary alicyclic amines) is 1. The zero-order chi connectivity index (χ0) is 13.1. The molecule has 1 aliphatic rings. The van der Waals surface area contributed by atoms with Gasteiger partial charge in [0.05, 0.1) is 12.1 Å². The van der Waals surface area contributed by atoms with Crippen LogP contribution < -0.4 is 5.56 Å². The Morgan fingerprint density at radius 1 is 1.50 bits per heavy atom. The number of nitrogens with one attached hydrogen (secondary N) is 1. The summed E-state index contributed by atoms with van der Waals surface area (Å²) in [6.07, 6.45) is 3.52. The van der Waals surface area contributed by atoms with Crippen molar-refractivity contribution in [1.29, 1.82) is 0 Å². The molecule has 1 fully saturated rings. The third-order valence-corrected chi connectivity index (χ3v) is 2.95. The predicted molar refractivity (Wildman–Crippen MR) is 61.1 cm³/mol. The van der Waals surface area contributed by atoms with E-state index >= 15 is 0 Å². The Kier molecular flexibility index (Phi) is 3.40. The summed E-state index contributed by atoms with van der Waals surface area (Å²) in [7, 11) is 0. The molecule has 0 unspecified atom stereocenters. The third kappa shape index (κ3) is 2.55. The van der Waals surface area contributed by atoms with Crippen LogP contribution in [0.2, 0.25) is 0 Å². The van der Waals surface area contributed by atoms with Gasteiger partial charge in [0.15, 0.2) is 0 Å². The highest BCUT2D eigenvalue weighted by Crippen LogP contribution is 2.17. The Morgan fingerprint density at radius 2 is 2.28 bits per heavy atom. The van der Waals surface area contributed by atoms with E-state index < -0.39 is 11.9 Å². The van der Waals surface area contributed by atoms with Crippen LogP contribution in [0, 0.1) is 5.92 Å². The molecular formula is C11H13N3O4. The number of carbonyl (C=O) groups excluding carboxylic acids is 1. The van der Waals surface area contributed by atoms with Crippen LogP contribution >= 0.6 is 0 Å². The first-order chi connectivity index (χ1) is 8.58. The van der Waals surface area contributed by atoms with Gasteiger partial charge in [0.2, 0.25) is 0 Å². The molecule has 1 amide bonds. The number of carboxylic acid groups (broad SMARTS) is 1. The lowest BCUT2D eigenvalue weighted by atomic mass is 9.98. The minimum absolute atomic E-state index is 0.126. The fourth-order valence-corrected chi connectivity index (χ4v) is 1.98. The number of aromatic nitrogens is 2. The molecule has 0 aromatic carbocycles. The van der Waals surface area contributed by atoms with Gasteiger partial charge in [-0.2, -0.15) is 0 Å². The van der Waals surface area contributed by atoms with Crippen molar-refractivity contribution in [2.45, 2.75) is 12.8 Å². The maximum Gasteiger partial charge on any atom is 0.308 e. The number of amides is 1. The molecule has 7 nitrogen and oxygen atoms in total. The maximum absolute atomic E-state index is 12.0. The molecule has 96 valence electrons. The first-order valence-corrected chi connectivity index (χ1v) is 5.65. The van der Waals surface area contributed by atoms with Gasteiger partial charge < -0.3 is 15.0 Å². The summed E-state index contributed by atoms with van der Waals surface area (Å²) < 4.78 is 0. The summed E-state index contributed by atoms with van der Waals surface area (Å²) in [4.78, 5) is 41.3. The molecule has 1 aromatic heterocycles. The Bertz CT molecular complexity index is 505. The van der Waals surface area contributed by atoms with E-state index in [2.05, 4.69) is 9.97 Å². The van der Waals surface area contributed by atoms with Crippen LogP contribution in [0.5, 0.6) is 0 Å². The SMILES string of the molecule is O=C(O)[C@@H]1CCCN(C(=O)c2c[nH]c(=O)cn2)C1. The average molecular weight is 251 g/mol. The van der Waals surface area contributed by atoms with E-state index in [0.29, 0.717) is 19.4 Å². The van der Waals surface area contributed by atoms with Crippen LogP contribution in [0.4, 0.5) is 0 Å². The normalized spacial score (nSPS) is 19.6. The van der Waals surface area contributed by atoms with Gasteiger partial charge in [-0.05, 0) is 12.8 Å². The second kappa shape index (κ2) is 4.99. The highest BCUT2D eigenvalue weighted by atomic mass is 16.4. The number of aromatic amines is 1. The monoisotopic (exact) mass is 251 g/mol. The molecule has 1 aliphatic heterocycles. The molecule has 2 N–H and O–H groups in total. The van der Waals surface area contributed by atoms with Crippen molar-refractivity contribution in [2.75, 3.05) is 13.1 Å². The number of hydrogen-bond donors (Lipinski definition) is 2. The van der Waals surface area contributed by atoms with Gasteiger partial charge >= 0.3 is 5.97 Å². The van der Waals surface area contributed by atoms with E-state index in [4.69, 9.17) is 5.11 Å². The lowest BCUT2D eigenvalue weighted by Crippen LogP contribution is -2.42. The number of piperidine rings is 1. The fourth-order valence-electron chi connectivity index (χ4n) is 1.98. The zero-order valence-corrected chi connectivity index (χ0v) is 9.63. The van der Waals surface area contributed by atoms with Crippen molar-refractivity contribution in [2.24, 2.45) is 5.92 Å². The van der Waals surface area contributed by atoms with Crippen molar-refractivity contribution in [3.05, 3.63) is 28.4 Å². The molecule has 0 saturated carbocycles. The van der Waals surface area contributed by atoms with Gasteiger partial charge in [-0.25, -0.2) is 4.98 Å². The number of carboxylic acids is 1. The molecule has 2 rings (SSSR count). The van der Waals surface area contributed by atoms with Crippen LogP contribution in [0.1, 0.15) is 23.3 Å². The predicted octanol–water partition coefficient (Wildman–Crippen LogP) is -0.293. The van der Waals surface area contributed by atoms with Crippen LogP contribution in [-0.4, -0.2) is 44.9 Å². The first-order valence-electron chi connectivity index (χ1n) is 5.65. The Morgan fingerprint density at radius 3 is 2.89 bits per heavy atom. The summed E-state index contributed by atoms with van der Waals surface area (Å²) in [5.74, 6) is -1.76. The quantitative estimate of drug-likeness (QED) is 0.751. The first kappa shape index (κ1) is 12.3. The van der Waals surface area contributed by atoms with Crippen molar-refractivity contribution in [1.82, 2.24) is 14.9 Å². The van der Waals surface area contributed by atoms with E-state index in [1.807, 2.05) is 0 Å². The van der Waals surface area contributed by atoms with E-state index in [9.17, 15) is 14.4 Å². The average Bonchev–Trinajstić information content (AvgIpc) is 2.39. The number of H-pyrrole nitrogens is 1. The smallest absolute Gasteiger partial charge is 0.308 e. The van der Waals surface area contributed by atoms with E-state index in [1.165, 1.54) is 11.1 Å². The van der Waals surface area contributed by atoms with Crippen molar-refractivity contribution >= 4 is 11.9 Å². The van der Waals surface area contributed by atoms with Crippen LogP contribution in [0.25, 0.3) is 0 Å². The number of aliphatic carboxylic acids is 1. The van der Waals surface area contributed by atoms with Gasteiger partial charge in [0.1, 0.15) is 5.69 Å². The number of carbonyl (C=O) groups is 2. The summed E-state index contributed by atoms with van der Waals surface area (Å²) in [5, 5.41) is 8.94. The molecule has 1 aromatic rings. The van der Waals surface area contributed by atoms with E-state index in [0.717, 1.165) is 6.20 Å². The van der Waals surface area contributed by atoms with Gasteiger partial charge in [0.25, 0.3) is 11.5 Å². The molecule has 0 spiro atoms. The Balaban J connectivity index is 2.11. The Labute approximate surface area is 102 Å². The van der Waals surface area contributed by atoms with Crippen molar-refractivity contribution < 1.29 is 14.7 Å². The largest absolute Gasteiger partial charge is 0.481 e. The number of hydrogen-bond acceptors (Lipinski definition) is 4. The topological polar surface area (TPSA) is 103 Å². The summed E-state index contributed by atoms with van der Waals surface area (Å²) in [6.45, 7) is 0.707. The van der Waals surface area contributed by atoms with Crippen molar-refractivity contribution in [3.8, 4) is 0 Å². The maximum atomic E-state index is 12.0. The van der Waals surface area contributed by atoms with E-state index in [1.54, 1.807) is 0 Å². The third-order valence-electron chi connectivity index (χ3n) is 2.95. The highest BCUT2D eigenvalue weighted by molar-refractivity contribution is 5.92. The number of nitrogens with zero attached hydrogens (tertiary/aromatic N) is 2. The molecule has 1 atom stereocenters. The minimum atomic E-state index is -0.887. The molecule has 0 bridgehead atoms. The highest BCUT2D eigenvalue weighted by Gasteiger charge is 2.29. The van der Waals surface area contributed by atoms with Gasteiger partial charge in [-0.15, -0.1) is 0 Å². The lowest BCUT2D eigenvalue weighted by Gasteiger charge is -2.30. The van der Waals surface area contributed by atoms with Gasteiger partial charge in [-0.1, -0.05) is 0 Å². The molecule has 0 radical (unpaired) electrons. The standard InChI is InChI=1S/C11H13N3O4/c15-9-5-12-8(4-13-9)10(16)14-3-1-2-7(6-14)11(17)18/h4-5,7H,1-3,6H2,(H,13,15)(H,17,18)/t7-/m1/s1. The summed E-state index contributed by atoms with van der Waals surface area (Å²) >= 11 is 0. The zero-order valence-electron chi connectivity index (χ0n) is 9.63. The Hall–Kier alpha value is -2.18. The molecule has 18 heavy (non-hydrogen) atoms. The van der Waals surface area contributed by atoms with Crippen LogP contribution in [-0.2, 0) is 4.79 Å². The summed E-state index contributed by atoms with van der Waals surface area (Å²) in [6, 6.07) is 0. The van der Waals surface area contributed by atoms with Crippen LogP contribution in [0.15, 0.2) is 17.2 Å². The molecule has 1 saturated heterocycles. The second-order valence-corrected chi connectivity index (χ2v) is 4.22. The fraction of sp³-hybridized carbons (Fsp3) is 0.455. The second-order valence-electron chi connectivity index (χ2n) is 4.22. The lowest BCUT2D eigenvalue weighted by molar-refractivity contribution is -0.143. The van der Waals surface area contributed by atoms with Crippen LogP contribution in [0.3, 0.4) is 0 Å². The molecule has 7 heteroatoms. The molecule has 2 heterocycles. The van der Waals surface area contributed by atoms with Gasteiger partial charge in [-0.3, -0.25) is 14.4 Å². The van der Waals surface area contributed by atoms with Crippen molar-refractivity contribution in [3.63, 3.8) is 0 Å². The molecular weight excluding hydrogens is 238 g/mol. The minimum Gasteiger partial charge on any atom is -0.481 e. The molecule has 0 aliphatic carbocycles.